The second-order valence-corrected chi connectivity index (χ2v) is 6.07. The van der Waals surface area contributed by atoms with Crippen molar-refractivity contribution >= 4 is 0 Å². The number of alkyl halides is 2. The van der Waals surface area contributed by atoms with Crippen molar-refractivity contribution in [1.82, 2.24) is 4.90 Å². The van der Waals surface area contributed by atoms with E-state index in [1.165, 1.54) is 0 Å². The molecule has 0 amide bonds. The van der Waals surface area contributed by atoms with Crippen LogP contribution in [0.2, 0.25) is 0 Å². The second kappa shape index (κ2) is 8.29. The molecule has 0 saturated carbocycles. The van der Waals surface area contributed by atoms with Crippen LogP contribution in [0.5, 0.6) is 5.75 Å². The summed E-state index contributed by atoms with van der Waals surface area (Å²) in [6, 6.07) is 6.95. The maximum absolute atomic E-state index is 12.5. The predicted octanol–water partition coefficient (Wildman–Crippen LogP) is 3.48. The molecule has 0 spiro atoms. The van der Waals surface area contributed by atoms with Crippen LogP contribution in [-0.4, -0.2) is 31.1 Å². The minimum atomic E-state index is -2.80. The van der Waals surface area contributed by atoms with Gasteiger partial charge in [-0.1, -0.05) is 39.0 Å². The summed E-state index contributed by atoms with van der Waals surface area (Å²) in [6.07, 6.45) is 0.999. The Balaban J connectivity index is 2.83. The first-order valence-corrected chi connectivity index (χ1v) is 7.33. The fourth-order valence-corrected chi connectivity index (χ4v) is 2.29. The smallest absolute Gasteiger partial charge is 0.387 e. The highest BCUT2D eigenvalue weighted by Crippen LogP contribution is 2.24. The summed E-state index contributed by atoms with van der Waals surface area (Å²) < 4.78 is 29.5. The normalized spacial score (nSPS) is 12.2. The minimum absolute atomic E-state index is 0.00626. The first kappa shape index (κ1) is 17.9. The van der Waals surface area contributed by atoms with E-state index in [-0.39, 0.29) is 11.2 Å². The molecule has 0 fully saturated rings. The molecule has 1 aromatic carbocycles. The van der Waals surface area contributed by atoms with Crippen LogP contribution in [0, 0.1) is 5.41 Å². The van der Waals surface area contributed by atoms with Crippen molar-refractivity contribution in [1.29, 1.82) is 0 Å². The van der Waals surface area contributed by atoms with Crippen LogP contribution in [0.15, 0.2) is 24.3 Å². The van der Waals surface area contributed by atoms with E-state index in [1.54, 1.807) is 12.1 Å². The van der Waals surface area contributed by atoms with Crippen LogP contribution in [0.4, 0.5) is 8.78 Å². The number of ether oxygens (including phenoxy) is 1. The average Bonchev–Trinajstić information content (AvgIpc) is 2.40. The van der Waals surface area contributed by atoms with E-state index < -0.39 is 6.61 Å². The summed E-state index contributed by atoms with van der Waals surface area (Å²) in [7, 11) is 0. The Morgan fingerprint density at radius 3 is 2.52 bits per heavy atom. The van der Waals surface area contributed by atoms with Gasteiger partial charge in [-0.05, 0) is 31.0 Å². The zero-order chi connectivity index (χ0) is 15.9. The summed E-state index contributed by atoms with van der Waals surface area (Å²) >= 11 is 0. The second-order valence-electron chi connectivity index (χ2n) is 6.07. The standard InChI is InChI=1S/C16H26F2N2O/c1-4-9-20(12-16(2,3)11-19)10-13-7-5-6-8-14(13)21-15(17)18/h5-8,15H,4,9-12,19H2,1-3H3. The maximum atomic E-state index is 12.5. The van der Waals surface area contributed by atoms with Gasteiger partial charge in [-0.25, -0.2) is 0 Å². The molecule has 0 aliphatic carbocycles. The van der Waals surface area contributed by atoms with Crippen LogP contribution >= 0.6 is 0 Å². The van der Waals surface area contributed by atoms with Crippen LogP contribution in [-0.2, 0) is 6.54 Å². The fraction of sp³-hybridized carbons (Fsp3) is 0.625. The number of hydrogen-bond donors (Lipinski definition) is 1. The molecule has 0 bridgehead atoms. The Labute approximate surface area is 126 Å². The lowest BCUT2D eigenvalue weighted by atomic mass is 9.93. The largest absolute Gasteiger partial charge is 0.434 e. The van der Waals surface area contributed by atoms with Crippen LogP contribution < -0.4 is 10.5 Å². The molecule has 2 N–H and O–H groups in total. The zero-order valence-electron chi connectivity index (χ0n) is 13.1. The van der Waals surface area contributed by atoms with Crippen molar-refractivity contribution in [2.75, 3.05) is 19.6 Å². The van der Waals surface area contributed by atoms with Crippen LogP contribution in [0.25, 0.3) is 0 Å². The van der Waals surface area contributed by atoms with Gasteiger partial charge in [0.05, 0.1) is 0 Å². The molecule has 5 heteroatoms. The van der Waals surface area contributed by atoms with Crippen LogP contribution in [0.1, 0.15) is 32.8 Å². The van der Waals surface area contributed by atoms with Gasteiger partial charge in [-0.3, -0.25) is 4.90 Å². The Morgan fingerprint density at radius 2 is 1.95 bits per heavy atom. The topological polar surface area (TPSA) is 38.5 Å². The van der Waals surface area contributed by atoms with Gasteiger partial charge >= 0.3 is 6.61 Å². The van der Waals surface area contributed by atoms with Gasteiger partial charge in [0.2, 0.25) is 0 Å². The first-order valence-electron chi connectivity index (χ1n) is 7.33. The lowest BCUT2D eigenvalue weighted by molar-refractivity contribution is -0.0508. The molecular formula is C16H26F2N2O. The number of para-hydroxylation sites is 1. The molecule has 1 rings (SSSR count). The molecule has 0 aliphatic heterocycles. The highest BCUT2D eigenvalue weighted by Gasteiger charge is 2.21. The Hall–Kier alpha value is -1.20. The molecule has 0 unspecified atom stereocenters. The summed E-state index contributed by atoms with van der Waals surface area (Å²) in [5.74, 6) is 0.249. The van der Waals surface area contributed by atoms with Gasteiger partial charge in [-0.2, -0.15) is 8.78 Å². The van der Waals surface area contributed by atoms with Gasteiger partial charge < -0.3 is 10.5 Å². The van der Waals surface area contributed by atoms with E-state index in [2.05, 4.69) is 30.4 Å². The van der Waals surface area contributed by atoms with Gasteiger partial charge in [-0.15, -0.1) is 0 Å². The third kappa shape index (κ3) is 6.40. The van der Waals surface area contributed by atoms with Gasteiger partial charge in [0.25, 0.3) is 0 Å². The summed E-state index contributed by atoms with van der Waals surface area (Å²) in [4.78, 5) is 2.24. The number of rotatable bonds is 9. The van der Waals surface area contributed by atoms with Gasteiger partial charge in [0, 0.05) is 18.7 Å². The number of nitrogens with two attached hydrogens (primary N) is 1. The first-order chi connectivity index (χ1) is 9.88. The maximum Gasteiger partial charge on any atom is 0.387 e. The predicted molar refractivity (Wildman–Crippen MR) is 81.5 cm³/mol. The van der Waals surface area contributed by atoms with Crippen molar-refractivity contribution in [3.63, 3.8) is 0 Å². The van der Waals surface area contributed by atoms with Crippen molar-refractivity contribution in [2.24, 2.45) is 11.1 Å². The molecule has 1 aromatic rings. The molecule has 120 valence electrons. The number of nitrogens with zero attached hydrogens (tertiary/aromatic N) is 1. The van der Waals surface area contributed by atoms with Crippen molar-refractivity contribution in [3.8, 4) is 5.75 Å². The fourth-order valence-electron chi connectivity index (χ4n) is 2.29. The van der Waals surface area contributed by atoms with E-state index >= 15 is 0 Å². The summed E-state index contributed by atoms with van der Waals surface area (Å²) in [5, 5.41) is 0. The van der Waals surface area contributed by atoms with Crippen molar-refractivity contribution in [2.45, 2.75) is 40.3 Å². The van der Waals surface area contributed by atoms with Crippen molar-refractivity contribution in [3.05, 3.63) is 29.8 Å². The molecule has 0 aromatic heterocycles. The molecule has 0 saturated heterocycles. The highest BCUT2D eigenvalue weighted by molar-refractivity contribution is 5.33. The quantitative estimate of drug-likeness (QED) is 0.759. The highest BCUT2D eigenvalue weighted by atomic mass is 19.3. The Morgan fingerprint density at radius 1 is 1.29 bits per heavy atom. The zero-order valence-corrected chi connectivity index (χ0v) is 13.1. The van der Waals surface area contributed by atoms with Gasteiger partial charge in [0.1, 0.15) is 5.75 Å². The van der Waals surface area contributed by atoms with E-state index in [0.29, 0.717) is 13.1 Å². The molecule has 3 nitrogen and oxygen atoms in total. The summed E-state index contributed by atoms with van der Waals surface area (Å²) in [6.45, 7) is 6.40. The number of benzene rings is 1. The molecule has 0 radical (unpaired) electrons. The molecule has 0 heterocycles. The van der Waals surface area contributed by atoms with E-state index in [4.69, 9.17) is 5.73 Å². The number of hydrogen-bond acceptors (Lipinski definition) is 3. The Kier molecular flexibility index (Phi) is 7.05. The lowest BCUT2D eigenvalue weighted by Crippen LogP contribution is -2.38. The Bertz CT molecular complexity index is 424. The van der Waals surface area contributed by atoms with Gasteiger partial charge in [0.15, 0.2) is 0 Å². The third-order valence-electron chi connectivity index (χ3n) is 3.33. The minimum Gasteiger partial charge on any atom is -0.434 e. The monoisotopic (exact) mass is 300 g/mol. The third-order valence-corrected chi connectivity index (χ3v) is 3.33. The average molecular weight is 300 g/mol. The van der Waals surface area contributed by atoms with Crippen molar-refractivity contribution < 1.29 is 13.5 Å². The van der Waals surface area contributed by atoms with E-state index in [9.17, 15) is 8.78 Å². The molecular weight excluding hydrogens is 274 g/mol. The molecule has 0 aliphatic rings. The summed E-state index contributed by atoms with van der Waals surface area (Å²) in [5.41, 5.74) is 6.56. The molecule has 21 heavy (non-hydrogen) atoms. The van der Waals surface area contributed by atoms with E-state index in [1.807, 2.05) is 12.1 Å². The lowest BCUT2D eigenvalue weighted by Gasteiger charge is -2.32. The number of halogens is 2. The van der Waals surface area contributed by atoms with E-state index in [0.717, 1.165) is 25.1 Å². The molecule has 0 atom stereocenters. The van der Waals surface area contributed by atoms with Crippen LogP contribution in [0.3, 0.4) is 0 Å². The SMILES string of the molecule is CCCN(Cc1ccccc1OC(F)F)CC(C)(C)CN.